The highest BCUT2D eigenvalue weighted by Gasteiger charge is 2.12. The Labute approximate surface area is 104 Å². The number of nitrogens with two attached hydrogens (primary N) is 1. The highest BCUT2D eigenvalue weighted by atomic mass is 32.2. The molecule has 2 N–H and O–H groups in total. The number of hydrogen-bond donors (Lipinski definition) is 1. The van der Waals surface area contributed by atoms with E-state index in [0.717, 1.165) is 10.5 Å². The molecule has 0 aliphatic heterocycles. The van der Waals surface area contributed by atoms with Crippen molar-refractivity contribution >= 4 is 22.4 Å². The summed E-state index contributed by atoms with van der Waals surface area (Å²) in [6.07, 6.45) is 0.286. The van der Waals surface area contributed by atoms with Crippen molar-refractivity contribution in [3.63, 3.8) is 0 Å². The number of nitrogens with zero attached hydrogens (tertiary/aromatic N) is 1. The zero-order valence-corrected chi connectivity index (χ0v) is 11.2. The van der Waals surface area contributed by atoms with Crippen LogP contribution in [0.2, 0.25) is 0 Å². The van der Waals surface area contributed by atoms with Crippen LogP contribution in [0.5, 0.6) is 0 Å². The SMILES string of the molecule is Cc1c(N)cccc1S(=O)CCC(=O)N(C)C. The van der Waals surface area contributed by atoms with Crippen molar-refractivity contribution in [1.82, 2.24) is 4.90 Å². The molecule has 1 rings (SSSR count). The summed E-state index contributed by atoms with van der Waals surface area (Å²) in [5, 5.41) is 0. The van der Waals surface area contributed by atoms with E-state index in [2.05, 4.69) is 0 Å². The summed E-state index contributed by atoms with van der Waals surface area (Å²) in [6, 6.07) is 5.35. The maximum atomic E-state index is 12.0. The molecule has 0 fully saturated rings. The van der Waals surface area contributed by atoms with Gasteiger partial charge in [0.1, 0.15) is 0 Å². The van der Waals surface area contributed by atoms with Crippen molar-refractivity contribution in [3.8, 4) is 0 Å². The molecule has 1 amide bonds. The number of amides is 1. The molecule has 0 aliphatic carbocycles. The Kier molecular flexibility index (Phi) is 4.69. The topological polar surface area (TPSA) is 63.4 Å². The molecule has 1 aromatic carbocycles. The van der Waals surface area contributed by atoms with Crippen LogP contribution in [0.1, 0.15) is 12.0 Å². The molecule has 0 radical (unpaired) electrons. The molecule has 0 spiro atoms. The molecule has 5 heteroatoms. The van der Waals surface area contributed by atoms with Crippen LogP contribution in [-0.4, -0.2) is 34.9 Å². The Hall–Kier alpha value is -1.36. The second-order valence-corrected chi connectivity index (χ2v) is 5.60. The summed E-state index contributed by atoms with van der Waals surface area (Å²) in [4.78, 5) is 13.6. The summed E-state index contributed by atoms with van der Waals surface area (Å²) in [6.45, 7) is 1.84. The van der Waals surface area contributed by atoms with Gasteiger partial charge in [-0.3, -0.25) is 9.00 Å². The number of carbonyl (C=O) groups is 1. The largest absolute Gasteiger partial charge is 0.398 e. The van der Waals surface area contributed by atoms with Crippen molar-refractivity contribution < 1.29 is 9.00 Å². The van der Waals surface area contributed by atoms with Crippen LogP contribution in [0.25, 0.3) is 0 Å². The van der Waals surface area contributed by atoms with Crippen LogP contribution in [-0.2, 0) is 15.6 Å². The number of hydrogen-bond acceptors (Lipinski definition) is 3. The summed E-state index contributed by atoms with van der Waals surface area (Å²) in [7, 11) is 2.21. The first-order valence-corrected chi connectivity index (χ1v) is 6.69. The van der Waals surface area contributed by atoms with Crippen molar-refractivity contribution in [2.75, 3.05) is 25.6 Å². The van der Waals surface area contributed by atoms with Crippen LogP contribution in [0, 0.1) is 6.92 Å². The van der Waals surface area contributed by atoms with E-state index in [0.29, 0.717) is 11.4 Å². The fourth-order valence-corrected chi connectivity index (χ4v) is 2.66. The van der Waals surface area contributed by atoms with Crippen LogP contribution in [0.4, 0.5) is 5.69 Å². The van der Waals surface area contributed by atoms with E-state index in [4.69, 9.17) is 5.73 Å². The molecule has 1 aromatic rings. The van der Waals surface area contributed by atoms with E-state index in [1.54, 1.807) is 32.3 Å². The maximum Gasteiger partial charge on any atom is 0.222 e. The molecule has 0 bridgehead atoms. The molecule has 1 unspecified atom stereocenters. The minimum absolute atomic E-state index is 0.0140. The van der Waals surface area contributed by atoms with Gasteiger partial charge in [-0.15, -0.1) is 0 Å². The first-order valence-electron chi connectivity index (χ1n) is 5.37. The molecule has 0 heterocycles. The first-order chi connectivity index (χ1) is 7.93. The lowest BCUT2D eigenvalue weighted by Gasteiger charge is -2.11. The van der Waals surface area contributed by atoms with E-state index in [9.17, 15) is 9.00 Å². The predicted octanol–water partition coefficient (Wildman–Crippen LogP) is 1.16. The molecule has 0 aliphatic rings. The Morgan fingerprint density at radius 3 is 2.65 bits per heavy atom. The molecule has 0 saturated carbocycles. The number of nitrogen functional groups attached to an aromatic ring is 1. The van der Waals surface area contributed by atoms with Gasteiger partial charge in [0, 0.05) is 36.9 Å². The van der Waals surface area contributed by atoms with Gasteiger partial charge in [0.2, 0.25) is 5.91 Å². The lowest BCUT2D eigenvalue weighted by Crippen LogP contribution is -2.23. The third-order valence-corrected chi connectivity index (χ3v) is 4.08. The predicted molar refractivity (Wildman–Crippen MR) is 70.2 cm³/mol. The molecule has 0 saturated heterocycles. The van der Waals surface area contributed by atoms with E-state index >= 15 is 0 Å². The summed E-state index contributed by atoms with van der Waals surface area (Å²) in [5.74, 6) is 0.321. The van der Waals surface area contributed by atoms with Crippen LogP contribution < -0.4 is 5.73 Å². The zero-order valence-electron chi connectivity index (χ0n) is 10.4. The number of rotatable bonds is 4. The van der Waals surface area contributed by atoms with Gasteiger partial charge >= 0.3 is 0 Å². The molecule has 94 valence electrons. The third kappa shape index (κ3) is 3.56. The van der Waals surface area contributed by atoms with Gasteiger partial charge < -0.3 is 10.6 Å². The van der Waals surface area contributed by atoms with E-state index in [1.165, 1.54) is 4.90 Å². The highest BCUT2D eigenvalue weighted by Crippen LogP contribution is 2.19. The quantitative estimate of drug-likeness (QED) is 0.820. The van der Waals surface area contributed by atoms with Crippen LogP contribution >= 0.6 is 0 Å². The highest BCUT2D eigenvalue weighted by molar-refractivity contribution is 7.85. The fourth-order valence-electron chi connectivity index (χ4n) is 1.39. The standard InChI is InChI=1S/C12H18N2O2S/c1-9-10(13)5-4-6-11(9)17(16)8-7-12(15)14(2)3/h4-6H,7-8,13H2,1-3H3. The lowest BCUT2D eigenvalue weighted by molar-refractivity contribution is -0.128. The third-order valence-electron chi connectivity index (χ3n) is 2.57. The smallest absolute Gasteiger partial charge is 0.222 e. The summed E-state index contributed by atoms with van der Waals surface area (Å²) >= 11 is 0. The van der Waals surface area contributed by atoms with Crippen molar-refractivity contribution in [2.45, 2.75) is 18.2 Å². The lowest BCUT2D eigenvalue weighted by atomic mass is 10.2. The Balaban J connectivity index is 2.71. The molecule has 1 atom stereocenters. The normalized spacial score (nSPS) is 12.2. The zero-order chi connectivity index (χ0) is 13.0. The van der Waals surface area contributed by atoms with E-state index in [-0.39, 0.29) is 12.3 Å². The number of anilines is 1. The Bertz CT molecular complexity index is 444. The molecular formula is C12H18N2O2S. The minimum Gasteiger partial charge on any atom is -0.398 e. The Morgan fingerprint density at radius 1 is 1.41 bits per heavy atom. The number of benzene rings is 1. The van der Waals surface area contributed by atoms with Gasteiger partial charge in [-0.25, -0.2) is 0 Å². The Morgan fingerprint density at radius 2 is 2.06 bits per heavy atom. The second kappa shape index (κ2) is 5.82. The van der Waals surface area contributed by atoms with E-state index in [1.807, 2.05) is 6.92 Å². The molecule has 4 nitrogen and oxygen atoms in total. The summed E-state index contributed by atoms with van der Waals surface area (Å²) in [5.41, 5.74) is 7.22. The maximum absolute atomic E-state index is 12.0. The van der Waals surface area contributed by atoms with Gasteiger partial charge in [0.25, 0.3) is 0 Å². The van der Waals surface area contributed by atoms with Crippen molar-refractivity contribution in [3.05, 3.63) is 23.8 Å². The molecular weight excluding hydrogens is 236 g/mol. The molecule has 17 heavy (non-hydrogen) atoms. The van der Waals surface area contributed by atoms with Gasteiger partial charge in [-0.2, -0.15) is 0 Å². The minimum atomic E-state index is -1.17. The average molecular weight is 254 g/mol. The van der Waals surface area contributed by atoms with Crippen LogP contribution in [0.3, 0.4) is 0 Å². The van der Waals surface area contributed by atoms with Gasteiger partial charge in [-0.1, -0.05) is 6.07 Å². The van der Waals surface area contributed by atoms with Crippen LogP contribution in [0.15, 0.2) is 23.1 Å². The monoisotopic (exact) mass is 254 g/mol. The van der Waals surface area contributed by atoms with Crippen molar-refractivity contribution in [2.24, 2.45) is 0 Å². The van der Waals surface area contributed by atoms with E-state index < -0.39 is 10.8 Å². The second-order valence-electron chi connectivity index (χ2n) is 4.06. The van der Waals surface area contributed by atoms with Gasteiger partial charge in [0.05, 0.1) is 10.8 Å². The van der Waals surface area contributed by atoms with Gasteiger partial charge in [0.15, 0.2) is 0 Å². The van der Waals surface area contributed by atoms with Crippen molar-refractivity contribution in [1.29, 1.82) is 0 Å². The average Bonchev–Trinajstić information content (AvgIpc) is 2.29. The molecule has 0 aromatic heterocycles. The van der Waals surface area contributed by atoms with Gasteiger partial charge in [-0.05, 0) is 24.6 Å². The summed E-state index contributed by atoms with van der Waals surface area (Å²) < 4.78 is 12.0. The number of carbonyl (C=O) groups excluding carboxylic acids is 1. The first kappa shape index (κ1) is 13.7. The fraction of sp³-hybridized carbons (Fsp3) is 0.417.